The summed E-state index contributed by atoms with van der Waals surface area (Å²) in [4.78, 5) is 0. The van der Waals surface area contributed by atoms with E-state index in [0.29, 0.717) is 33.0 Å². The molecule has 0 bridgehead atoms. The monoisotopic (exact) mass is 331 g/mol. The summed E-state index contributed by atoms with van der Waals surface area (Å²) in [5.41, 5.74) is 1.56. The van der Waals surface area contributed by atoms with Gasteiger partial charge in [0.2, 0.25) is 0 Å². The summed E-state index contributed by atoms with van der Waals surface area (Å²) < 4.78 is 4.99. The summed E-state index contributed by atoms with van der Waals surface area (Å²) in [6, 6.07) is 8.41. The lowest BCUT2D eigenvalue weighted by Crippen LogP contribution is -2.00. The van der Waals surface area contributed by atoms with Crippen molar-refractivity contribution in [2.24, 2.45) is 0 Å². The highest BCUT2D eigenvalue weighted by Crippen LogP contribution is 2.33. The molecule has 2 N–H and O–H groups in total. The quantitative estimate of drug-likeness (QED) is 0.776. The highest BCUT2D eigenvalue weighted by atomic mass is 35.5. The number of halogens is 3. The molecule has 0 aliphatic rings. The lowest BCUT2D eigenvalue weighted by Gasteiger charge is -2.11. The van der Waals surface area contributed by atoms with Crippen LogP contribution in [0.4, 0.5) is 5.69 Å². The summed E-state index contributed by atoms with van der Waals surface area (Å²) >= 11 is 17.9. The number of hydrogen-bond acceptors (Lipinski definition) is 3. The molecule has 0 aromatic heterocycles. The molecule has 20 heavy (non-hydrogen) atoms. The van der Waals surface area contributed by atoms with E-state index in [9.17, 15) is 5.11 Å². The molecule has 0 saturated heterocycles. The minimum Gasteiger partial charge on any atom is -0.504 e. The predicted molar refractivity (Wildman–Crippen MR) is 83.5 cm³/mol. The number of anilines is 1. The molecule has 2 rings (SSSR count). The molecule has 0 aliphatic carbocycles. The lowest BCUT2D eigenvalue weighted by molar-refractivity contribution is 0.373. The molecule has 0 spiro atoms. The Morgan fingerprint density at radius 2 is 1.75 bits per heavy atom. The predicted octanol–water partition coefficient (Wildman–Crippen LogP) is 4.97. The number of ether oxygens (including phenoxy) is 1. The van der Waals surface area contributed by atoms with E-state index in [1.165, 1.54) is 7.11 Å². The molecular weight excluding hydrogens is 321 g/mol. The summed E-state index contributed by atoms with van der Waals surface area (Å²) in [5, 5.41) is 14.2. The molecule has 6 heteroatoms. The van der Waals surface area contributed by atoms with E-state index in [1.807, 2.05) is 6.07 Å². The van der Waals surface area contributed by atoms with Gasteiger partial charge in [-0.15, -0.1) is 0 Å². The maximum absolute atomic E-state index is 9.71. The second-order valence-electron chi connectivity index (χ2n) is 4.11. The first kappa shape index (κ1) is 15.1. The summed E-state index contributed by atoms with van der Waals surface area (Å²) in [6.07, 6.45) is 0. The fourth-order valence-electron chi connectivity index (χ4n) is 1.70. The van der Waals surface area contributed by atoms with Crippen LogP contribution in [0, 0.1) is 0 Å². The molecule has 106 valence electrons. The van der Waals surface area contributed by atoms with Crippen molar-refractivity contribution in [3.63, 3.8) is 0 Å². The number of phenolic OH excluding ortho intramolecular Hbond substituents is 1. The number of methoxy groups -OCH3 is 1. The minimum atomic E-state index is 0.0898. The number of phenols is 1. The Balaban J connectivity index is 2.13. The van der Waals surface area contributed by atoms with Crippen LogP contribution in [-0.4, -0.2) is 12.2 Å². The third-order valence-electron chi connectivity index (χ3n) is 2.74. The van der Waals surface area contributed by atoms with Gasteiger partial charge in [0.05, 0.1) is 27.9 Å². The van der Waals surface area contributed by atoms with Gasteiger partial charge in [-0.05, 0) is 29.8 Å². The average Bonchev–Trinajstić information content (AvgIpc) is 2.41. The Hall–Kier alpha value is -1.29. The fourth-order valence-corrected chi connectivity index (χ4v) is 2.31. The van der Waals surface area contributed by atoms with Crippen LogP contribution in [0.5, 0.6) is 11.5 Å². The van der Waals surface area contributed by atoms with Crippen molar-refractivity contribution in [2.75, 3.05) is 12.4 Å². The smallest absolute Gasteiger partial charge is 0.160 e. The molecule has 0 heterocycles. The van der Waals surface area contributed by atoms with Gasteiger partial charge in [0.15, 0.2) is 11.5 Å². The Labute approximate surface area is 132 Å². The van der Waals surface area contributed by atoms with E-state index in [0.717, 1.165) is 5.56 Å². The molecule has 0 amide bonds. The SMILES string of the molecule is COc1ccc(CNc2cc(Cl)c(Cl)cc2Cl)cc1O. The molecule has 0 fully saturated rings. The van der Waals surface area contributed by atoms with E-state index in [4.69, 9.17) is 39.5 Å². The highest BCUT2D eigenvalue weighted by molar-refractivity contribution is 6.44. The van der Waals surface area contributed by atoms with E-state index in [1.54, 1.807) is 24.3 Å². The Kier molecular flexibility index (Phi) is 4.86. The van der Waals surface area contributed by atoms with Gasteiger partial charge in [-0.25, -0.2) is 0 Å². The van der Waals surface area contributed by atoms with Crippen LogP contribution in [0.1, 0.15) is 5.56 Å². The van der Waals surface area contributed by atoms with Gasteiger partial charge in [0, 0.05) is 6.54 Å². The number of benzene rings is 2. The molecular formula is C14H12Cl3NO2. The van der Waals surface area contributed by atoms with E-state index >= 15 is 0 Å². The van der Waals surface area contributed by atoms with Gasteiger partial charge in [-0.1, -0.05) is 40.9 Å². The van der Waals surface area contributed by atoms with Crippen molar-refractivity contribution in [1.29, 1.82) is 0 Å². The normalized spacial score (nSPS) is 10.4. The molecule has 0 atom stereocenters. The van der Waals surface area contributed by atoms with Gasteiger partial charge in [-0.2, -0.15) is 0 Å². The first-order valence-corrected chi connectivity index (χ1v) is 6.89. The topological polar surface area (TPSA) is 41.5 Å². The number of rotatable bonds is 4. The minimum absolute atomic E-state index is 0.0898. The van der Waals surface area contributed by atoms with E-state index in [-0.39, 0.29) is 5.75 Å². The van der Waals surface area contributed by atoms with Crippen LogP contribution < -0.4 is 10.1 Å². The summed E-state index contributed by atoms with van der Waals surface area (Å²) in [6.45, 7) is 0.481. The first-order chi connectivity index (χ1) is 9.51. The van der Waals surface area contributed by atoms with Crippen molar-refractivity contribution in [2.45, 2.75) is 6.54 Å². The fraction of sp³-hybridized carbons (Fsp3) is 0.143. The maximum atomic E-state index is 9.71. The molecule has 0 saturated carbocycles. The summed E-state index contributed by atoms with van der Waals surface area (Å²) in [5.74, 6) is 0.522. The maximum Gasteiger partial charge on any atom is 0.160 e. The third-order valence-corrected chi connectivity index (χ3v) is 3.77. The standard InChI is InChI=1S/C14H12Cl3NO2/c1-20-14-3-2-8(4-13(14)19)7-18-12-6-10(16)9(15)5-11(12)17/h2-6,18-19H,7H2,1H3. The second-order valence-corrected chi connectivity index (χ2v) is 5.33. The summed E-state index contributed by atoms with van der Waals surface area (Å²) in [7, 11) is 1.50. The Bertz CT molecular complexity index is 632. The zero-order chi connectivity index (χ0) is 14.7. The van der Waals surface area contributed by atoms with Crippen molar-refractivity contribution < 1.29 is 9.84 Å². The molecule has 0 radical (unpaired) electrons. The number of hydrogen-bond donors (Lipinski definition) is 2. The number of aromatic hydroxyl groups is 1. The van der Waals surface area contributed by atoms with E-state index in [2.05, 4.69) is 5.32 Å². The van der Waals surface area contributed by atoms with Crippen LogP contribution in [0.25, 0.3) is 0 Å². The Morgan fingerprint density at radius 1 is 1.05 bits per heavy atom. The van der Waals surface area contributed by atoms with Gasteiger partial charge < -0.3 is 15.2 Å². The first-order valence-electron chi connectivity index (χ1n) is 5.75. The van der Waals surface area contributed by atoms with Gasteiger partial charge in [-0.3, -0.25) is 0 Å². The largest absolute Gasteiger partial charge is 0.504 e. The highest BCUT2D eigenvalue weighted by Gasteiger charge is 2.07. The Morgan fingerprint density at radius 3 is 2.40 bits per heavy atom. The van der Waals surface area contributed by atoms with Crippen LogP contribution in [0.2, 0.25) is 15.1 Å². The van der Waals surface area contributed by atoms with Crippen molar-refractivity contribution in [3.8, 4) is 11.5 Å². The lowest BCUT2D eigenvalue weighted by atomic mass is 10.2. The van der Waals surface area contributed by atoms with Crippen molar-refractivity contribution >= 4 is 40.5 Å². The molecule has 2 aromatic rings. The second kappa shape index (κ2) is 6.44. The third kappa shape index (κ3) is 3.42. The number of nitrogens with one attached hydrogen (secondary N) is 1. The molecule has 3 nitrogen and oxygen atoms in total. The van der Waals surface area contributed by atoms with Crippen LogP contribution in [-0.2, 0) is 6.54 Å². The average molecular weight is 333 g/mol. The van der Waals surface area contributed by atoms with Crippen LogP contribution in [0.3, 0.4) is 0 Å². The van der Waals surface area contributed by atoms with Gasteiger partial charge >= 0.3 is 0 Å². The molecule has 2 aromatic carbocycles. The zero-order valence-corrected chi connectivity index (χ0v) is 12.9. The zero-order valence-electron chi connectivity index (χ0n) is 10.6. The van der Waals surface area contributed by atoms with Crippen LogP contribution >= 0.6 is 34.8 Å². The molecule has 0 aliphatic heterocycles. The van der Waals surface area contributed by atoms with Gasteiger partial charge in [0.25, 0.3) is 0 Å². The van der Waals surface area contributed by atoms with E-state index < -0.39 is 0 Å². The van der Waals surface area contributed by atoms with Gasteiger partial charge in [0.1, 0.15) is 0 Å². The molecule has 0 unspecified atom stereocenters. The van der Waals surface area contributed by atoms with Crippen molar-refractivity contribution in [1.82, 2.24) is 0 Å². The van der Waals surface area contributed by atoms with Crippen molar-refractivity contribution in [3.05, 3.63) is 51.0 Å². The van der Waals surface area contributed by atoms with Crippen LogP contribution in [0.15, 0.2) is 30.3 Å².